The van der Waals surface area contributed by atoms with E-state index in [0.29, 0.717) is 12.1 Å². The van der Waals surface area contributed by atoms with Crippen LogP contribution in [0.3, 0.4) is 0 Å². The molecule has 3 aliphatic rings. The molecule has 45 heavy (non-hydrogen) atoms. The first kappa shape index (κ1) is 33.4. The van der Waals surface area contributed by atoms with E-state index < -0.39 is 86.9 Å². The Balaban J connectivity index is 1.65. The van der Waals surface area contributed by atoms with Crippen LogP contribution in [-0.2, 0) is 36.3 Å². The van der Waals surface area contributed by atoms with Crippen LogP contribution < -0.4 is 0 Å². The molecule has 0 bridgehead atoms. The second-order valence-corrected chi connectivity index (χ2v) is 14.4. The Morgan fingerprint density at radius 1 is 0.911 bits per heavy atom. The number of aryl methyl sites for hydroxylation is 1. The zero-order valence-corrected chi connectivity index (χ0v) is 24.8. The van der Waals surface area contributed by atoms with Gasteiger partial charge < -0.3 is 10.0 Å². The number of carbonyl (C=O) groups excluding carboxylic acids is 1. The van der Waals surface area contributed by atoms with Crippen molar-refractivity contribution in [2.75, 3.05) is 6.54 Å². The maximum atomic E-state index is 16.1. The number of benzene rings is 2. The summed E-state index contributed by atoms with van der Waals surface area (Å²) in [6, 6.07) is 4.97. The SMILES string of the molecule is O=C(O)C1CCC(F)(C(=O)N2CCC3(S(=O)(=O)c4cccc(Cl)c4)c4ccc(C(F)(C(F)(F)F)C(F)(F)F)cc4CCC23)CC1. The van der Waals surface area contributed by atoms with Gasteiger partial charge in [0.15, 0.2) is 15.5 Å². The Kier molecular flexibility index (Phi) is 8.03. The summed E-state index contributed by atoms with van der Waals surface area (Å²) in [7, 11) is -4.66. The van der Waals surface area contributed by atoms with Crippen LogP contribution in [0.15, 0.2) is 47.4 Å². The summed E-state index contributed by atoms with van der Waals surface area (Å²) in [4.78, 5) is 25.8. The minimum absolute atomic E-state index is 0.00296. The van der Waals surface area contributed by atoms with E-state index in [-0.39, 0.29) is 59.3 Å². The molecule has 2 aromatic carbocycles. The van der Waals surface area contributed by atoms with E-state index in [1.165, 1.54) is 18.2 Å². The molecule has 1 N–H and O–H groups in total. The molecule has 1 aliphatic heterocycles. The molecular formula is C29H26ClF8NO5S. The number of carboxylic acids is 1. The van der Waals surface area contributed by atoms with Crippen LogP contribution in [0.25, 0.3) is 0 Å². The Hall–Kier alpha value is -2.94. The molecule has 16 heteroatoms. The van der Waals surface area contributed by atoms with Crippen molar-refractivity contribution in [3.05, 3.63) is 64.2 Å². The standard InChI is InChI=1S/C29H26ClF8NO5S/c30-19-2-1-3-20(15-19)45(43,44)26-12-13-39(24(42)25(31)10-8-16(9-11-25)23(40)41)22(26)7-4-17-14-18(5-6-21(17)26)27(32,28(33,34)35)29(36,37)38/h1-3,5-6,14-16,22H,4,7-13H2,(H,40,41). The summed E-state index contributed by atoms with van der Waals surface area (Å²) in [5.74, 6) is -3.08. The third-order valence-corrected chi connectivity index (χ3v) is 12.2. The Bertz CT molecular complexity index is 1620. The predicted molar refractivity (Wildman–Crippen MR) is 144 cm³/mol. The summed E-state index contributed by atoms with van der Waals surface area (Å²) in [5.41, 5.74) is -10.6. The maximum absolute atomic E-state index is 16.1. The minimum Gasteiger partial charge on any atom is -0.481 e. The van der Waals surface area contributed by atoms with E-state index in [9.17, 15) is 53.8 Å². The summed E-state index contributed by atoms with van der Waals surface area (Å²) in [6.07, 6.45) is -15.0. The maximum Gasteiger partial charge on any atom is 0.435 e. The lowest BCUT2D eigenvalue weighted by molar-refractivity contribution is -0.348. The third kappa shape index (κ3) is 4.99. The zero-order chi connectivity index (χ0) is 33.4. The van der Waals surface area contributed by atoms with Crippen molar-refractivity contribution in [3.8, 4) is 0 Å². The van der Waals surface area contributed by atoms with E-state index in [1.54, 1.807) is 0 Å². The lowest BCUT2D eigenvalue weighted by Crippen LogP contribution is -2.56. The van der Waals surface area contributed by atoms with Crippen LogP contribution in [0.5, 0.6) is 0 Å². The van der Waals surface area contributed by atoms with Gasteiger partial charge in [-0.25, -0.2) is 17.2 Å². The Labute approximate surface area is 257 Å². The molecule has 2 fully saturated rings. The minimum atomic E-state index is -6.40. The lowest BCUT2D eigenvalue weighted by Gasteiger charge is -2.44. The number of carboxylic acid groups (broad SMARTS) is 1. The van der Waals surface area contributed by atoms with Gasteiger partial charge in [-0.15, -0.1) is 0 Å². The van der Waals surface area contributed by atoms with Crippen molar-refractivity contribution in [2.24, 2.45) is 5.92 Å². The fourth-order valence-corrected chi connectivity index (χ4v) is 9.78. The topological polar surface area (TPSA) is 91.8 Å². The molecule has 6 nitrogen and oxygen atoms in total. The van der Waals surface area contributed by atoms with Gasteiger partial charge in [-0.2, -0.15) is 26.3 Å². The number of halogens is 9. The molecule has 2 aliphatic carbocycles. The average Bonchev–Trinajstić information content (AvgIpc) is 3.36. The summed E-state index contributed by atoms with van der Waals surface area (Å²) >= 11 is 6.04. The van der Waals surface area contributed by atoms with Gasteiger partial charge in [0.25, 0.3) is 5.91 Å². The van der Waals surface area contributed by atoms with Gasteiger partial charge in [-0.3, -0.25) is 9.59 Å². The van der Waals surface area contributed by atoms with Crippen LogP contribution in [0, 0.1) is 5.92 Å². The number of aliphatic carboxylic acids is 1. The molecule has 2 unspecified atom stereocenters. The normalized spacial score (nSPS) is 27.5. The number of rotatable bonds is 5. The molecule has 246 valence electrons. The molecule has 1 saturated carbocycles. The smallest absolute Gasteiger partial charge is 0.435 e. The van der Waals surface area contributed by atoms with Gasteiger partial charge in [0.2, 0.25) is 0 Å². The number of nitrogens with zero attached hydrogens (tertiary/aromatic N) is 1. The first-order valence-corrected chi connectivity index (χ1v) is 15.8. The molecular weight excluding hydrogens is 662 g/mol. The Morgan fingerprint density at radius 2 is 1.53 bits per heavy atom. The zero-order valence-electron chi connectivity index (χ0n) is 23.2. The molecule has 2 aromatic rings. The van der Waals surface area contributed by atoms with Crippen LogP contribution in [0.4, 0.5) is 35.1 Å². The van der Waals surface area contributed by atoms with E-state index in [4.69, 9.17) is 11.6 Å². The third-order valence-electron chi connectivity index (χ3n) is 9.42. The molecule has 1 saturated heterocycles. The van der Waals surface area contributed by atoms with Crippen LogP contribution in [0.1, 0.15) is 55.2 Å². The fourth-order valence-electron chi connectivity index (χ4n) is 7.11. The van der Waals surface area contributed by atoms with Crippen LogP contribution in [0.2, 0.25) is 5.02 Å². The quantitative estimate of drug-likeness (QED) is 0.348. The predicted octanol–water partition coefficient (Wildman–Crippen LogP) is 6.83. The van der Waals surface area contributed by atoms with Gasteiger partial charge in [0.05, 0.1) is 16.9 Å². The summed E-state index contributed by atoms with van der Waals surface area (Å²) in [6.45, 7) is -0.337. The number of amides is 1. The van der Waals surface area contributed by atoms with E-state index in [0.717, 1.165) is 11.0 Å². The van der Waals surface area contributed by atoms with Gasteiger partial charge >= 0.3 is 24.0 Å². The van der Waals surface area contributed by atoms with Gasteiger partial charge in [0, 0.05) is 17.1 Å². The largest absolute Gasteiger partial charge is 0.481 e. The number of alkyl halides is 8. The highest BCUT2D eigenvalue weighted by Gasteiger charge is 2.74. The van der Waals surface area contributed by atoms with Crippen molar-refractivity contribution < 1.29 is 58.2 Å². The van der Waals surface area contributed by atoms with Crippen LogP contribution >= 0.6 is 11.6 Å². The molecule has 5 rings (SSSR count). The monoisotopic (exact) mass is 687 g/mol. The van der Waals surface area contributed by atoms with Crippen molar-refractivity contribution in [3.63, 3.8) is 0 Å². The number of likely N-dealkylation sites (tertiary alicyclic amines) is 1. The molecule has 2 atom stereocenters. The van der Waals surface area contributed by atoms with Crippen molar-refractivity contribution in [2.45, 2.75) is 84.3 Å². The molecule has 0 aromatic heterocycles. The first-order chi connectivity index (χ1) is 20.7. The van der Waals surface area contributed by atoms with E-state index in [2.05, 4.69) is 0 Å². The van der Waals surface area contributed by atoms with E-state index in [1.807, 2.05) is 0 Å². The van der Waals surface area contributed by atoms with Gasteiger partial charge in [-0.05, 0) is 74.3 Å². The highest BCUT2D eigenvalue weighted by molar-refractivity contribution is 7.92. The number of carbonyl (C=O) groups is 2. The molecule has 0 spiro atoms. The number of sulfone groups is 1. The second-order valence-electron chi connectivity index (χ2n) is 11.8. The number of hydrogen-bond acceptors (Lipinski definition) is 4. The van der Waals surface area contributed by atoms with Crippen LogP contribution in [-0.4, -0.2) is 60.9 Å². The second kappa shape index (κ2) is 10.8. The fraction of sp³-hybridized carbons (Fsp3) is 0.517. The van der Waals surface area contributed by atoms with Gasteiger partial charge in [-0.1, -0.05) is 35.9 Å². The van der Waals surface area contributed by atoms with Crippen molar-refractivity contribution >= 4 is 33.3 Å². The van der Waals surface area contributed by atoms with Gasteiger partial charge in [0.1, 0.15) is 4.75 Å². The summed E-state index contributed by atoms with van der Waals surface area (Å²) < 4.78 is 139. The van der Waals surface area contributed by atoms with E-state index >= 15 is 4.39 Å². The molecule has 1 heterocycles. The Morgan fingerprint density at radius 3 is 2.09 bits per heavy atom. The van der Waals surface area contributed by atoms with Crippen molar-refractivity contribution in [1.82, 2.24) is 4.90 Å². The molecule has 1 amide bonds. The van der Waals surface area contributed by atoms with Crippen molar-refractivity contribution in [1.29, 1.82) is 0 Å². The highest BCUT2D eigenvalue weighted by Crippen LogP contribution is 2.57. The number of fused-ring (bicyclic) bond motifs is 3. The first-order valence-electron chi connectivity index (χ1n) is 13.9. The molecule has 0 radical (unpaired) electrons. The number of hydrogen-bond donors (Lipinski definition) is 1. The lowest BCUT2D eigenvalue weighted by atomic mass is 9.76. The average molecular weight is 688 g/mol. The summed E-state index contributed by atoms with van der Waals surface area (Å²) in [5, 5.41) is 9.27. The highest BCUT2D eigenvalue weighted by atomic mass is 35.5.